The van der Waals surface area contributed by atoms with Crippen molar-refractivity contribution in [1.29, 1.82) is 0 Å². The molecule has 6 N–H and O–H groups in total. The lowest BCUT2D eigenvalue weighted by Crippen LogP contribution is -2.20. The van der Waals surface area contributed by atoms with Crippen LogP contribution in [-0.2, 0) is 26.2 Å². The van der Waals surface area contributed by atoms with E-state index >= 15 is 0 Å². The van der Waals surface area contributed by atoms with Crippen molar-refractivity contribution in [3.8, 4) is 5.75 Å². The van der Waals surface area contributed by atoms with Crippen molar-refractivity contribution in [3.05, 3.63) is 88.5 Å². The number of ether oxygens (including phenoxy) is 1. The maximum absolute atomic E-state index is 13.6. The van der Waals surface area contributed by atoms with Crippen LogP contribution >= 0.6 is 0 Å². The third-order valence-electron chi connectivity index (χ3n) is 9.36. The van der Waals surface area contributed by atoms with Gasteiger partial charge in [0, 0.05) is 37.3 Å². The number of carbonyl (C=O) groups is 4. The SMILES string of the molecule is CCn1nc(C)cc1C(=O)Nc1nc2cc(C(N)=O)ccc2n1C/C=C/Cn1c(NC(=O)c2cc(C)nn2CC)nc2cc(C(N)=O)cc(OCC3CC3)c21. The van der Waals surface area contributed by atoms with Crippen molar-refractivity contribution in [2.75, 3.05) is 17.2 Å². The molecule has 55 heavy (non-hydrogen) atoms. The zero-order chi connectivity index (χ0) is 39.0. The number of allylic oxidation sites excluding steroid dienone is 2. The summed E-state index contributed by atoms with van der Waals surface area (Å²) in [6.07, 6.45) is 5.89. The van der Waals surface area contributed by atoms with E-state index in [0.717, 1.165) is 12.8 Å². The van der Waals surface area contributed by atoms with Crippen molar-refractivity contribution in [1.82, 2.24) is 38.7 Å². The molecule has 284 valence electrons. The number of imidazole rings is 2. The van der Waals surface area contributed by atoms with Crippen molar-refractivity contribution < 1.29 is 23.9 Å². The molecule has 17 nitrogen and oxygen atoms in total. The predicted molar refractivity (Wildman–Crippen MR) is 205 cm³/mol. The minimum Gasteiger partial charge on any atom is -0.491 e. The molecule has 4 aromatic heterocycles. The third-order valence-corrected chi connectivity index (χ3v) is 9.36. The lowest BCUT2D eigenvalue weighted by atomic mass is 10.1. The molecular weight excluding hydrogens is 704 g/mol. The first-order valence-electron chi connectivity index (χ1n) is 18.1. The van der Waals surface area contributed by atoms with Crippen LogP contribution in [0.4, 0.5) is 11.9 Å². The Kier molecular flexibility index (Phi) is 9.92. The largest absolute Gasteiger partial charge is 0.491 e. The van der Waals surface area contributed by atoms with Gasteiger partial charge in [-0.25, -0.2) is 9.97 Å². The number of rotatable bonds is 15. The minimum absolute atomic E-state index is 0.225. The summed E-state index contributed by atoms with van der Waals surface area (Å²) in [6.45, 7) is 9.37. The summed E-state index contributed by atoms with van der Waals surface area (Å²) in [4.78, 5) is 60.8. The second-order valence-electron chi connectivity index (χ2n) is 13.5. The molecule has 1 fully saturated rings. The monoisotopic (exact) mass is 746 g/mol. The summed E-state index contributed by atoms with van der Waals surface area (Å²) in [5, 5.41) is 14.7. The van der Waals surface area contributed by atoms with E-state index in [1.807, 2.05) is 39.8 Å². The van der Waals surface area contributed by atoms with Crippen LogP contribution in [-0.4, -0.2) is 68.9 Å². The fraction of sp³-hybridized carbons (Fsp3) is 0.316. The average molecular weight is 747 g/mol. The first-order chi connectivity index (χ1) is 26.4. The molecule has 4 amide bonds. The first kappa shape index (κ1) is 36.6. The fourth-order valence-electron chi connectivity index (χ4n) is 6.44. The number of nitrogens with one attached hydrogen (secondary N) is 2. The van der Waals surface area contributed by atoms with Crippen LogP contribution < -0.4 is 26.8 Å². The van der Waals surface area contributed by atoms with Crippen LogP contribution in [0.2, 0.25) is 0 Å². The highest BCUT2D eigenvalue weighted by Crippen LogP contribution is 2.34. The van der Waals surface area contributed by atoms with E-state index in [-0.39, 0.29) is 36.1 Å². The van der Waals surface area contributed by atoms with Crippen molar-refractivity contribution in [2.45, 2.75) is 66.7 Å². The molecule has 1 aliphatic carbocycles. The van der Waals surface area contributed by atoms with Gasteiger partial charge in [-0.15, -0.1) is 0 Å². The molecule has 0 saturated heterocycles. The summed E-state index contributed by atoms with van der Waals surface area (Å²) in [5.74, 6) is -0.697. The predicted octanol–water partition coefficient (Wildman–Crippen LogP) is 4.18. The number of hydrogen-bond donors (Lipinski definition) is 4. The van der Waals surface area contributed by atoms with E-state index in [1.165, 1.54) is 0 Å². The van der Waals surface area contributed by atoms with Crippen LogP contribution in [0, 0.1) is 19.8 Å². The zero-order valence-corrected chi connectivity index (χ0v) is 31.0. The number of primary amides is 2. The first-order valence-corrected chi connectivity index (χ1v) is 18.1. The van der Waals surface area contributed by atoms with Gasteiger partial charge in [0.2, 0.25) is 23.7 Å². The van der Waals surface area contributed by atoms with E-state index in [2.05, 4.69) is 25.8 Å². The zero-order valence-electron chi connectivity index (χ0n) is 31.0. The van der Waals surface area contributed by atoms with Gasteiger partial charge in [0.1, 0.15) is 22.7 Å². The number of hydrogen-bond acceptors (Lipinski definition) is 9. The molecular formula is C38H42N12O5. The van der Waals surface area contributed by atoms with Crippen LogP contribution in [0.15, 0.2) is 54.6 Å². The Morgan fingerprint density at radius 1 is 0.764 bits per heavy atom. The van der Waals surface area contributed by atoms with E-state index < -0.39 is 23.6 Å². The number of nitrogens with two attached hydrogens (primary N) is 2. The highest BCUT2D eigenvalue weighted by molar-refractivity contribution is 6.05. The van der Waals surface area contributed by atoms with E-state index in [1.54, 1.807) is 61.0 Å². The topological polar surface area (TPSA) is 225 Å². The van der Waals surface area contributed by atoms with E-state index in [9.17, 15) is 19.2 Å². The molecule has 0 aliphatic heterocycles. The quantitative estimate of drug-likeness (QED) is 0.110. The second-order valence-corrected chi connectivity index (χ2v) is 13.5. The Labute approximate surface area is 315 Å². The van der Waals surface area contributed by atoms with Gasteiger partial charge in [-0.05, 0) is 88.9 Å². The fourth-order valence-corrected chi connectivity index (χ4v) is 6.44. The van der Waals surface area contributed by atoms with Gasteiger partial charge >= 0.3 is 0 Å². The molecule has 0 unspecified atom stereocenters. The summed E-state index contributed by atoms with van der Waals surface area (Å²) < 4.78 is 13.1. The standard InChI is InChI=1S/C38H42N12O5/c1-5-49-29(15-21(3)45-49)35(53)43-37-41-26-17-24(33(39)51)11-12-28(26)47(37)13-7-8-14-48-32-27(18-25(34(40)52)19-31(32)55-20-23-9-10-23)42-38(48)44-36(54)30-16-22(4)46-50(30)6-2/h7-8,11-12,15-19,23H,5-6,9-10,13-14,20H2,1-4H3,(H2,39,51)(H2,40,52)(H,41,43,53)(H,42,44,54)/b8-7+. The maximum atomic E-state index is 13.6. The molecule has 0 spiro atoms. The maximum Gasteiger partial charge on any atom is 0.276 e. The van der Waals surface area contributed by atoms with Crippen molar-refractivity contribution in [3.63, 3.8) is 0 Å². The lowest BCUT2D eigenvalue weighted by Gasteiger charge is -2.13. The van der Waals surface area contributed by atoms with Crippen molar-refractivity contribution in [2.24, 2.45) is 17.4 Å². The highest BCUT2D eigenvalue weighted by Gasteiger charge is 2.25. The summed E-state index contributed by atoms with van der Waals surface area (Å²) in [6, 6.07) is 11.5. The highest BCUT2D eigenvalue weighted by atomic mass is 16.5. The smallest absolute Gasteiger partial charge is 0.276 e. The molecule has 0 bridgehead atoms. The van der Waals surface area contributed by atoms with Gasteiger partial charge < -0.3 is 25.3 Å². The Morgan fingerprint density at radius 2 is 1.31 bits per heavy atom. The average Bonchev–Trinajstić information content (AvgIpc) is 3.44. The van der Waals surface area contributed by atoms with Gasteiger partial charge in [0.25, 0.3) is 11.8 Å². The molecule has 1 saturated carbocycles. The van der Waals surface area contributed by atoms with Crippen LogP contribution in [0.3, 0.4) is 0 Å². The number of carbonyl (C=O) groups excluding carboxylic acids is 4. The van der Waals surface area contributed by atoms with E-state index in [4.69, 9.17) is 21.2 Å². The van der Waals surface area contributed by atoms with Crippen LogP contribution in [0.25, 0.3) is 22.1 Å². The Morgan fingerprint density at radius 3 is 1.87 bits per heavy atom. The van der Waals surface area contributed by atoms with Gasteiger partial charge in [0.05, 0.1) is 34.5 Å². The number of aromatic nitrogens is 8. The summed E-state index contributed by atoms with van der Waals surface area (Å²) in [5.41, 5.74) is 16.0. The molecule has 0 atom stereocenters. The Bertz CT molecular complexity index is 2520. The second kappa shape index (κ2) is 14.9. The number of benzene rings is 2. The van der Waals surface area contributed by atoms with E-state index in [0.29, 0.717) is 76.2 Å². The Hall–Kier alpha value is -6.78. The summed E-state index contributed by atoms with van der Waals surface area (Å²) >= 11 is 0. The van der Waals surface area contributed by atoms with Crippen molar-refractivity contribution >= 4 is 57.6 Å². The molecule has 4 heterocycles. The number of aryl methyl sites for hydroxylation is 4. The van der Waals surface area contributed by atoms with Gasteiger partial charge in [-0.2, -0.15) is 10.2 Å². The van der Waals surface area contributed by atoms with Gasteiger partial charge in [-0.1, -0.05) is 12.2 Å². The Balaban J connectivity index is 1.24. The van der Waals surface area contributed by atoms with Gasteiger partial charge in [-0.3, -0.25) is 39.2 Å². The van der Waals surface area contributed by atoms with Gasteiger partial charge in [0.15, 0.2) is 0 Å². The molecule has 17 heteroatoms. The number of fused-ring (bicyclic) bond motifs is 2. The minimum atomic E-state index is -0.631. The lowest BCUT2D eigenvalue weighted by molar-refractivity contribution is 0.0992. The number of anilines is 2. The number of amides is 4. The molecule has 7 rings (SSSR count). The third kappa shape index (κ3) is 7.53. The van der Waals surface area contributed by atoms with Crippen LogP contribution in [0.5, 0.6) is 5.75 Å². The number of nitrogens with zero attached hydrogens (tertiary/aromatic N) is 8. The molecule has 1 aliphatic rings. The normalized spacial score (nSPS) is 12.9. The molecule has 6 aromatic rings. The molecule has 0 radical (unpaired) electrons. The van der Waals surface area contributed by atoms with Crippen LogP contribution in [0.1, 0.15) is 79.8 Å². The molecule has 2 aromatic carbocycles. The summed E-state index contributed by atoms with van der Waals surface area (Å²) in [7, 11) is 0.